The molecule has 0 aliphatic rings. The highest BCUT2D eigenvalue weighted by atomic mass is 16.2. The first-order valence-electron chi connectivity index (χ1n) is 11.9. The lowest BCUT2D eigenvalue weighted by Gasteiger charge is -2.19. The fourth-order valence-electron chi connectivity index (χ4n) is 3.18. The fraction of sp³-hybridized carbons (Fsp3) is 0.393. The van der Waals surface area contributed by atoms with Gasteiger partial charge in [-0.1, -0.05) is 79.7 Å². The van der Waals surface area contributed by atoms with E-state index in [1.165, 1.54) is 0 Å². The Morgan fingerprint density at radius 2 is 0.914 bits per heavy atom. The first kappa shape index (κ1) is 27.6. The van der Waals surface area contributed by atoms with E-state index in [9.17, 15) is 9.59 Å². The summed E-state index contributed by atoms with van der Waals surface area (Å²) in [5.41, 5.74) is 3.25. The number of amides is 2. The summed E-state index contributed by atoms with van der Waals surface area (Å²) < 4.78 is 0. The van der Waals surface area contributed by atoms with Gasteiger partial charge in [-0.25, -0.2) is 0 Å². The maximum Gasteiger partial charge on any atom is 0.258 e. The second-order valence-corrected chi connectivity index (χ2v) is 10.1. The number of aryl methyl sites for hydroxylation is 1. The van der Waals surface area contributed by atoms with Crippen LogP contribution in [-0.4, -0.2) is 26.8 Å². The normalized spacial score (nSPS) is 11.2. The minimum atomic E-state index is -0.337. The molecular formula is C28H37N5O2. The Morgan fingerprint density at radius 3 is 1.20 bits per heavy atom. The largest absolute Gasteiger partial charge is 0.290 e. The van der Waals surface area contributed by atoms with Crippen LogP contribution in [0.3, 0.4) is 0 Å². The fourth-order valence-corrected chi connectivity index (χ4v) is 3.18. The number of carbonyl (C=O) groups is 2. The molecule has 0 bridgehead atoms. The second kappa shape index (κ2) is 11.2. The summed E-state index contributed by atoms with van der Waals surface area (Å²) in [6, 6.07) is 14.8. The maximum absolute atomic E-state index is 12.7. The van der Waals surface area contributed by atoms with Gasteiger partial charge in [0.1, 0.15) is 5.82 Å². The van der Waals surface area contributed by atoms with Gasteiger partial charge in [0, 0.05) is 11.1 Å². The van der Waals surface area contributed by atoms with E-state index in [2.05, 4.69) is 67.1 Å². The summed E-state index contributed by atoms with van der Waals surface area (Å²) >= 11 is 0. The minimum absolute atomic E-state index is 0.000499. The van der Waals surface area contributed by atoms with Crippen molar-refractivity contribution in [3.8, 4) is 0 Å². The number of hydrogen-bond acceptors (Lipinski definition) is 5. The highest BCUT2D eigenvalue weighted by Crippen LogP contribution is 2.23. The van der Waals surface area contributed by atoms with Crippen LogP contribution >= 0.6 is 0 Å². The number of carbonyl (C=O) groups excluding carboxylic acids is 2. The molecule has 0 aliphatic carbocycles. The molecule has 35 heavy (non-hydrogen) atoms. The Kier molecular flexibility index (Phi) is 8.85. The van der Waals surface area contributed by atoms with Crippen LogP contribution in [0.15, 0.2) is 48.5 Å². The van der Waals surface area contributed by atoms with Crippen molar-refractivity contribution >= 4 is 23.7 Å². The van der Waals surface area contributed by atoms with Crippen LogP contribution in [-0.2, 0) is 10.8 Å². The molecule has 0 aliphatic heterocycles. The minimum Gasteiger partial charge on any atom is -0.290 e. The molecule has 3 rings (SSSR count). The van der Waals surface area contributed by atoms with Gasteiger partial charge in [0.2, 0.25) is 11.9 Å². The van der Waals surface area contributed by atoms with Gasteiger partial charge in [0.25, 0.3) is 11.8 Å². The van der Waals surface area contributed by atoms with Crippen LogP contribution in [0, 0.1) is 6.92 Å². The van der Waals surface area contributed by atoms with Gasteiger partial charge in [-0.2, -0.15) is 15.0 Å². The van der Waals surface area contributed by atoms with Crippen LogP contribution in [0.1, 0.15) is 93.1 Å². The molecule has 186 valence electrons. The molecule has 0 fully saturated rings. The van der Waals surface area contributed by atoms with Gasteiger partial charge in [-0.15, -0.1) is 0 Å². The van der Waals surface area contributed by atoms with Gasteiger partial charge in [-0.05, 0) is 53.1 Å². The Hall–Kier alpha value is -3.61. The van der Waals surface area contributed by atoms with Crippen molar-refractivity contribution in [2.45, 2.75) is 73.1 Å². The van der Waals surface area contributed by atoms with Crippen molar-refractivity contribution in [1.29, 1.82) is 0 Å². The molecule has 1 heterocycles. The van der Waals surface area contributed by atoms with Crippen LogP contribution in [0.25, 0.3) is 0 Å². The lowest BCUT2D eigenvalue weighted by atomic mass is 9.86. The van der Waals surface area contributed by atoms with E-state index >= 15 is 0 Å². The molecule has 0 saturated carbocycles. The highest BCUT2D eigenvalue weighted by molar-refractivity contribution is 6.04. The number of nitrogens with zero attached hydrogens (tertiary/aromatic N) is 3. The van der Waals surface area contributed by atoms with E-state index in [0.717, 1.165) is 11.1 Å². The molecule has 0 unspecified atom stereocenters. The smallest absolute Gasteiger partial charge is 0.258 e. The Balaban J connectivity index is 0.00000210. The second-order valence-electron chi connectivity index (χ2n) is 10.1. The standard InChI is InChI=1S/C26H31N5O2.C2H6/c1-16-27-23(29-21(32)17-8-12-19(13-9-17)25(2,3)4)31-24(28-16)30-22(33)18-10-14-20(15-11-18)26(5,6)7;1-2/h8-15H,1-7H3,(H2,27,28,29,30,31,32,33);1-2H3. The molecule has 3 aromatic rings. The van der Waals surface area contributed by atoms with E-state index in [1.807, 2.05) is 38.1 Å². The van der Waals surface area contributed by atoms with Crippen molar-refractivity contribution in [1.82, 2.24) is 15.0 Å². The molecule has 0 saturated heterocycles. The topological polar surface area (TPSA) is 96.9 Å². The first-order chi connectivity index (χ1) is 16.3. The van der Waals surface area contributed by atoms with Crippen molar-refractivity contribution in [3.05, 3.63) is 76.6 Å². The lowest BCUT2D eigenvalue weighted by molar-refractivity contribution is 0.101. The molecule has 1 aromatic heterocycles. The molecule has 7 heteroatoms. The van der Waals surface area contributed by atoms with Crippen molar-refractivity contribution < 1.29 is 9.59 Å². The molecule has 2 aromatic carbocycles. The Morgan fingerprint density at radius 1 is 0.600 bits per heavy atom. The zero-order valence-electron chi connectivity index (χ0n) is 22.3. The number of nitrogens with one attached hydrogen (secondary N) is 2. The molecule has 2 amide bonds. The van der Waals surface area contributed by atoms with Crippen LogP contribution < -0.4 is 10.6 Å². The summed E-state index contributed by atoms with van der Waals surface area (Å²) in [4.78, 5) is 37.8. The lowest BCUT2D eigenvalue weighted by Crippen LogP contribution is -2.19. The number of hydrogen-bond donors (Lipinski definition) is 2. The third kappa shape index (κ3) is 7.70. The predicted molar refractivity (Wildman–Crippen MR) is 142 cm³/mol. The summed E-state index contributed by atoms with van der Waals surface area (Å²) in [7, 11) is 0. The third-order valence-electron chi connectivity index (χ3n) is 5.22. The average Bonchev–Trinajstić information content (AvgIpc) is 2.79. The number of rotatable bonds is 4. The number of benzene rings is 2. The monoisotopic (exact) mass is 475 g/mol. The maximum atomic E-state index is 12.7. The van der Waals surface area contributed by atoms with E-state index < -0.39 is 0 Å². The number of anilines is 2. The SMILES string of the molecule is CC.Cc1nc(NC(=O)c2ccc(C(C)(C)C)cc2)nc(NC(=O)c2ccc(C(C)(C)C)cc2)n1. The molecule has 7 nitrogen and oxygen atoms in total. The average molecular weight is 476 g/mol. The third-order valence-corrected chi connectivity index (χ3v) is 5.22. The molecule has 0 radical (unpaired) electrons. The van der Waals surface area contributed by atoms with Gasteiger partial charge >= 0.3 is 0 Å². The quantitative estimate of drug-likeness (QED) is 0.461. The van der Waals surface area contributed by atoms with E-state index in [4.69, 9.17) is 0 Å². The van der Waals surface area contributed by atoms with E-state index in [0.29, 0.717) is 17.0 Å². The Labute approximate surface area is 208 Å². The predicted octanol–water partition coefficient (Wildman–Crippen LogP) is 6.31. The Bertz CT molecular complexity index is 1070. The molecule has 2 N–H and O–H groups in total. The van der Waals surface area contributed by atoms with Gasteiger partial charge in [0.05, 0.1) is 0 Å². The summed E-state index contributed by atoms with van der Waals surface area (Å²) in [5, 5.41) is 5.36. The molecule has 0 spiro atoms. The van der Waals surface area contributed by atoms with Crippen molar-refractivity contribution in [3.63, 3.8) is 0 Å². The van der Waals surface area contributed by atoms with Gasteiger partial charge < -0.3 is 0 Å². The zero-order chi connectivity index (χ0) is 26.4. The number of aromatic nitrogens is 3. The molecular weight excluding hydrogens is 438 g/mol. The first-order valence-corrected chi connectivity index (χ1v) is 11.9. The zero-order valence-corrected chi connectivity index (χ0v) is 22.3. The molecule has 0 atom stereocenters. The van der Waals surface area contributed by atoms with Crippen LogP contribution in [0.2, 0.25) is 0 Å². The summed E-state index contributed by atoms with van der Waals surface area (Å²) in [6.45, 7) is 18.4. The van der Waals surface area contributed by atoms with Crippen LogP contribution in [0.4, 0.5) is 11.9 Å². The summed E-state index contributed by atoms with van der Waals surface area (Å²) in [6.07, 6.45) is 0. The highest BCUT2D eigenvalue weighted by Gasteiger charge is 2.17. The van der Waals surface area contributed by atoms with Gasteiger partial charge in [0.15, 0.2) is 0 Å². The van der Waals surface area contributed by atoms with Crippen LogP contribution in [0.5, 0.6) is 0 Å². The van der Waals surface area contributed by atoms with E-state index in [-0.39, 0.29) is 34.5 Å². The van der Waals surface area contributed by atoms with Gasteiger partial charge in [-0.3, -0.25) is 20.2 Å². The van der Waals surface area contributed by atoms with E-state index in [1.54, 1.807) is 31.2 Å². The summed E-state index contributed by atoms with van der Waals surface area (Å²) in [5.74, 6) is -0.148. The van der Waals surface area contributed by atoms with Crippen molar-refractivity contribution in [2.24, 2.45) is 0 Å². The van der Waals surface area contributed by atoms with Crippen molar-refractivity contribution in [2.75, 3.05) is 10.6 Å².